The summed E-state index contributed by atoms with van der Waals surface area (Å²) in [5.41, 5.74) is 2.07. The normalized spacial score (nSPS) is 29.0. The standard InChI is InChI=1S/C29H35F2N5O7/c1-35(2)22-15-8-12-7-14-16(31)9-17(34-18(37)11-36-6-5-13(30)10-36)23(38)20(14)24(39)19(12)27(42-3)29(15,43-4)26(32)21(25(22)40)28(33)41/h9,12-13,15,22,32,38,40H,5-8,10-11H2,1-4H3,(H2,33,41)(H,34,37)/t12-,13-,15-,22-,29+/m0/s1. The third-order valence-electron chi connectivity index (χ3n) is 9.05. The first-order chi connectivity index (χ1) is 20.3. The molecule has 1 aromatic carbocycles. The van der Waals surface area contributed by atoms with Crippen molar-refractivity contribution in [1.29, 1.82) is 5.41 Å². The van der Waals surface area contributed by atoms with Gasteiger partial charge in [-0.1, -0.05) is 0 Å². The molecule has 0 radical (unpaired) electrons. The molecule has 4 aliphatic rings. The van der Waals surface area contributed by atoms with Crippen molar-refractivity contribution in [3.63, 3.8) is 0 Å². The highest BCUT2D eigenvalue weighted by Crippen LogP contribution is 2.55. The monoisotopic (exact) mass is 603 g/mol. The number of hydrogen-bond acceptors (Lipinski definition) is 10. The predicted molar refractivity (Wildman–Crippen MR) is 150 cm³/mol. The molecule has 3 aliphatic carbocycles. The number of nitrogens with one attached hydrogen (secondary N) is 2. The van der Waals surface area contributed by atoms with Crippen molar-refractivity contribution in [2.45, 2.75) is 37.1 Å². The largest absolute Gasteiger partial charge is 0.510 e. The van der Waals surface area contributed by atoms with Crippen LogP contribution >= 0.6 is 0 Å². The lowest BCUT2D eigenvalue weighted by molar-refractivity contribution is -0.117. The van der Waals surface area contributed by atoms with Crippen LogP contribution in [0.25, 0.3) is 0 Å². The molecule has 1 aromatic rings. The molecule has 0 bridgehead atoms. The topological polar surface area (TPSA) is 179 Å². The second kappa shape index (κ2) is 11.0. The van der Waals surface area contributed by atoms with Crippen LogP contribution in [0.1, 0.15) is 28.8 Å². The highest BCUT2D eigenvalue weighted by molar-refractivity contribution is 6.26. The number of aromatic hydroxyl groups is 1. The maximum absolute atomic E-state index is 15.6. The van der Waals surface area contributed by atoms with Crippen LogP contribution in [0.4, 0.5) is 14.5 Å². The third-order valence-corrected chi connectivity index (χ3v) is 9.05. The first-order valence-corrected chi connectivity index (χ1v) is 13.9. The van der Waals surface area contributed by atoms with Gasteiger partial charge in [-0.25, -0.2) is 8.78 Å². The number of fused-ring (bicyclic) bond motifs is 3. The molecule has 0 saturated carbocycles. The molecule has 232 valence electrons. The van der Waals surface area contributed by atoms with Crippen LogP contribution in [-0.2, 0) is 25.5 Å². The summed E-state index contributed by atoms with van der Waals surface area (Å²) in [6.07, 6.45) is -0.670. The van der Waals surface area contributed by atoms with Gasteiger partial charge in [-0.05, 0) is 39.3 Å². The number of aliphatic hydroxyl groups excluding tert-OH is 1. The van der Waals surface area contributed by atoms with Crippen LogP contribution in [-0.4, -0.2) is 109 Å². The molecule has 2 amide bonds. The first-order valence-electron chi connectivity index (χ1n) is 13.9. The zero-order chi connectivity index (χ0) is 31.5. The fourth-order valence-electron chi connectivity index (χ4n) is 7.30. The highest BCUT2D eigenvalue weighted by atomic mass is 19.1. The minimum absolute atomic E-state index is 0.0183. The number of phenols is 1. The second-order valence-electron chi connectivity index (χ2n) is 11.6. The van der Waals surface area contributed by atoms with Crippen molar-refractivity contribution in [2.24, 2.45) is 17.6 Å². The number of ether oxygens (including phenoxy) is 2. The number of allylic oxidation sites excluding steroid dienone is 1. The molecule has 6 N–H and O–H groups in total. The maximum Gasteiger partial charge on any atom is 0.254 e. The molecular weight excluding hydrogens is 568 g/mol. The Labute approximate surface area is 246 Å². The van der Waals surface area contributed by atoms with Gasteiger partial charge in [0.05, 0.1) is 36.7 Å². The first kappa shape index (κ1) is 30.6. The lowest BCUT2D eigenvalue weighted by Gasteiger charge is -2.53. The molecule has 43 heavy (non-hydrogen) atoms. The summed E-state index contributed by atoms with van der Waals surface area (Å²) >= 11 is 0. The van der Waals surface area contributed by atoms with Crippen LogP contribution in [0.15, 0.2) is 28.7 Å². The molecule has 0 spiro atoms. The molecule has 14 heteroatoms. The Balaban J connectivity index is 1.62. The number of nitrogens with two attached hydrogens (primary N) is 1. The molecule has 1 heterocycles. The van der Waals surface area contributed by atoms with E-state index < -0.39 is 75.9 Å². The van der Waals surface area contributed by atoms with Gasteiger partial charge in [0, 0.05) is 43.3 Å². The maximum atomic E-state index is 15.6. The predicted octanol–water partition coefficient (Wildman–Crippen LogP) is 1.44. The van der Waals surface area contributed by atoms with E-state index in [2.05, 4.69) is 5.32 Å². The van der Waals surface area contributed by atoms with E-state index in [0.29, 0.717) is 13.0 Å². The molecule has 12 nitrogen and oxygen atoms in total. The second-order valence-corrected chi connectivity index (χ2v) is 11.6. The van der Waals surface area contributed by atoms with Crippen molar-refractivity contribution in [3.8, 4) is 5.75 Å². The van der Waals surface area contributed by atoms with Gasteiger partial charge in [0.15, 0.2) is 17.1 Å². The molecule has 1 saturated heterocycles. The van der Waals surface area contributed by atoms with E-state index in [1.807, 2.05) is 0 Å². The van der Waals surface area contributed by atoms with Crippen molar-refractivity contribution in [3.05, 3.63) is 45.7 Å². The fourth-order valence-corrected chi connectivity index (χ4v) is 7.30. The summed E-state index contributed by atoms with van der Waals surface area (Å²) in [6.45, 7) is 0.286. The van der Waals surface area contributed by atoms with Crippen LogP contribution in [0.5, 0.6) is 5.75 Å². The number of rotatable bonds is 7. The highest BCUT2D eigenvalue weighted by Gasteiger charge is 2.63. The number of primary amides is 1. The van der Waals surface area contributed by atoms with Crippen molar-refractivity contribution in [1.82, 2.24) is 9.80 Å². The lowest BCUT2D eigenvalue weighted by atomic mass is 9.58. The van der Waals surface area contributed by atoms with Gasteiger partial charge in [-0.15, -0.1) is 0 Å². The Kier molecular flexibility index (Phi) is 7.82. The number of phenolic OH excluding ortho intramolecular Hbond substituents is 1. The number of nitrogens with zero attached hydrogens (tertiary/aromatic N) is 2. The molecule has 5 atom stereocenters. The molecule has 1 fully saturated rings. The van der Waals surface area contributed by atoms with Crippen molar-refractivity contribution < 1.29 is 42.9 Å². The number of benzene rings is 1. The number of anilines is 1. The Morgan fingerprint density at radius 1 is 1.30 bits per heavy atom. The number of halogens is 2. The number of carbonyl (C=O) groups is 3. The minimum Gasteiger partial charge on any atom is -0.510 e. The van der Waals surface area contributed by atoms with Crippen molar-refractivity contribution >= 4 is 29.0 Å². The summed E-state index contributed by atoms with van der Waals surface area (Å²) < 4.78 is 40.8. The Morgan fingerprint density at radius 3 is 2.56 bits per heavy atom. The van der Waals surface area contributed by atoms with Crippen LogP contribution < -0.4 is 11.1 Å². The zero-order valence-corrected chi connectivity index (χ0v) is 24.3. The number of hydrogen-bond donors (Lipinski definition) is 5. The van der Waals surface area contributed by atoms with Gasteiger partial charge in [0.2, 0.25) is 5.91 Å². The Bertz CT molecular complexity index is 1490. The van der Waals surface area contributed by atoms with E-state index in [1.165, 1.54) is 14.2 Å². The van der Waals surface area contributed by atoms with Gasteiger partial charge in [-0.2, -0.15) is 0 Å². The SMILES string of the molecule is COC1=C2C(=O)c3c(O)c(NC(=O)CN4CC[C@H](F)C4)cc(F)c3C[C@H]2C[C@H]2[C@H](N(C)C)C(O)=C(C(N)=O)C(=N)[C@@]12OC. The number of Topliss-reactive ketones (excluding diaryl/α,β-unsaturated/α-hetero) is 1. The average Bonchev–Trinajstić information content (AvgIpc) is 3.33. The molecular formula is C29H35F2N5O7. The van der Waals surface area contributed by atoms with E-state index >= 15 is 4.39 Å². The number of ketones is 1. The number of methoxy groups -OCH3 is 2. The van der Waals surface area contributed by atoms with E-state index in [0.717, 1.165) is 6.07 Å². The average molecular weight is 604 g/mol. The Hall–Kier alpha value is -3.88. The molecule has 5 rings (SSSR count). The van der Waals surface area contributed by atoms with Gasteiger partial charge in [-0.3, -0.25) is 24.2 Å². The van der Waals surface area contributed by atoms with E-state index in [-0.39, 0.29) is 54.1 Å². The minimum atomic E-state index is -1.83. The van der Waals surface area contributed by atoms with Gasteiger partial charge in [0.1, 0.15) is 29.1 Å². The molecule has 0 unspecified atom stereocenters. The van der Waals surface area contributed by atoms with Gasteiger partial charge < -0.3 is 36.1 Å². The quantitative estimate of drug-likeness (QED) is 0.289. The summed E-state index contributed by atoms with van der Waals surface area (Å²) in [5, 5.41) is 33.7. The number of likely N-dealkylation sites (N-methyl/N-ethyl adjacent to an activating group) is 1. The van der Waals surface area contributed by atoms with E-state index in [9.17, 15) is 29.0 Å². The van der Waals surface area contributed by atoms with E-state index in [4.69, 9.17) is 20.6 Å². The third kappa shape index (κ3) is 4.59. The summed E-state index contributed by atoms with van der Waals surface area (Å²) in [7, 11) is 5.87. The van der Waals surface area contributed by atoms with Gasteiger partial charge >= 0.3 is 0 Å². The van der Waals surface area contributed by atoms with Gasteiger partial charge in [0.25, 0.3) is 5.91 Å². The molecule has 1 aliphatic heterocycles. The summed E-state index contributed by atoms with van der Waals surface area (Å²) in [6, 6.07) is 0.0705. The number of likely N-dealkylation sites (tertiary alicyclic amines) is 1. The smallest absolute Gasteiger partial charge is 0.254 e. The number of amides is 2. The van der Waals surface area contributed by atoms with Crippen LogP contribution in [0, 0.1) is 23.1 Å². The lowest BCUT2D eigenvalue weighted by Crippen LogP contribution is -2.64. The van der Waals surface area contributed by atoms with Crippen LogP contribution in [0.2, 0.25) is 0 Å². The Morgan fingerprint density at radius 2 is 2.00 bits per heavy atom. The molecule has 0 aromatic heterocycles. The van der Waals surface area contributed by atoms with E-state index in [1.54, 1.807) is 23.9 Å². The summed E-state index contributed by atoms with van der Waals surface area (Å²) in [4.78, 5) is 42.5. The number of alkyl halides is 1. The number of aliphatic hydroxyl groups is 1. The van der Waals surface area contributed by atoms with Crippen LogP contribution in [0.3, 0.4) is 0 Å². The fraction of sp³-hybridized carbons (Fsp3) is 0.517. The summed E-state index contributed by atoms with van der Waals surface area (Å²) in [5.74, 6) is -5.89. The van der Waals surface area contributed by atoms with Crippen molar-refractivity contribution in [2.75, 3.05) is 53.3 Å². The number of carbonyl (C=O) groups excluding carboxylic acids is 3. The zero-order valence-electron chi connectivity index (χ0n) is 24.3.